The second-order valence-corrected chi connectivity index (χ2v) is 5.09. The molecule has 0 spiro atoms. The number of carboxylic acid groups (broad SMARTS) is 1. The fourth-order valence-electron chi connectivity index (χ4n) is 1.84. The largest absolute Gasteiger partial charge is 0.465 e. The fraction of sp³-hybridized carbons (Fsp3) is 0.667. The van der Waals surface area contributed by atoms with Crippen LogP contribution in [0.4, 0.5) is 4.79 Å². The van der Waals surface area contributed by atoms with Crippen molar-refractivity contribution in [3.8, 4) is 0 Å². The van der Waals surface area contributed by atoms with Crippen molar-refractivity contribution in [2.45, 2.75) is 38.7 Å². The number of carbonyl (C=O) groups is 4. The average molecular weight is 286 g/mol. The first kappa shape index (κ1) is 15.9. The molecular formula is C12H18N2O6. The summed E-state index contributed by atoms with van der Waals surface area (Å²) in [6, 6.07) is 0. The molecule has 1 heterocycles. The fourth-order valence-corrected chi connectivity index (χ4v) is 1.84. The predicted octanol–water partition coefficient (Wildman–Crippen LogP) is 0.115. The number of imide groups is 1. The van der Waals surface area contributed by atoms with Gasteiger partial charge >= 0.3 is 12.1 Å². The number of amides is 3. The first-order chi connectivity index (χ1) is 9.21. The van der Waals surface area contributed by atoms with Crippen molar-refractivity contribution >= 4 is 23.9 Å². The predicted molar refractivity (Wildman–Crippen MR) is 66.8 cm³/mol. The summed E-state index contributed by atoms with van der Waals surface area (Å²) in [7, 11) is 0. The SMILES string of the molecule is CC(C)(CN1C(=O)CCC1=O)OC(=O)CCNC(=O)O. The maximum Gasteiger partial charge on any atom is 0.404 e. The Morgan fingerprint density at radius 1 is 1.30 bits per heavy atom. The molecule has 0 atom stereocenters. The van der Waals surface area contributed by atoms with E-state index in [2.05, 4.69) is 0 Å². The van der Waals surface area contributed by atoms with E-state index in [1.807, 2.05) is 5.32 Å². The number of nitrogens with one attached hydrogen (secondary N) is 1. The minimum absolute atomic E-state index is 0.00274. The van der Waals surface area contributed by atoms with Crippen molar-refractivity contribution < 1.29 is 29.0 Å². The van der Waals surface area contributed by atoms with Crippen LogP contribution < -0.4 is 5.32 Å². The second kappa shape index (κ2) is 6.36. The Bertz CT molecular complexity index is 416. The van der Waals surface area contributed by atoms with Gasteiger partial charge in [0.1, 0.15) is 5.60 Å². The Morgan fingerprint density at radius 2 is 1.85 bits per heavy atom. The van der Waals surface area contributed by atoms with Crippen LogP contribution in [0.2, 0.25) is 0 Å². The summed E-state index contributed by atoms with van der Waals surface area (Å²) in [4.78, 5) is 45.8. The number of esters is 1. The molecule has 0 unspecified atom stereocenters. The monoisotopic (exact) mass is 286 g/mol. The quantitative estimate of drug-likeness (QED) is 0.529. The van der Waals surface area contributed by atoms with Gasteiger partial charge in [0, 0.05) is 19.4 Å². The van der Waals surface area contributed by atoms with Gasteiger partial charge in [0.25, 0.3) is 0 Å². The maximum absolute atomic E-state index is 11.5. The Kier molecular flexibility index (Phi) is 5.06. The lowest BCUT2D eigenvalue weighted by Crippen LogP contribution is -2.44. The van der Waals surface area contributed by atoms with Gasteiger partial charge < -0.3 is 15.2 Å². The Balaban J connectivity index is 2.44. The van der Waals surface area contributed by atoms with Gasteiger partial charge in [-0.2, -0.15) is 0 Å². The molecule has 0 aliphatic carbocycles. The van der Waals surface area contributed by atoms with Crippen LogP contribution in [-0.2, 0) is 19.1 Å². The minimum atomic E-state index is -1.22. The zero-order valence-corrected chi connectivity index (χ0v) is 11.5. The molecule has 0 radical (unpaired) electrons. The third kappa shape index (κ3) is 4.87. The van der Waals surface area contributed by atoms with Gasteiger partial charge in [0.2, 0.25) is 11.8 Å². The molecular weight excluding hydrogens is 268 g/mol. The molecule has 0 aromatic rings. The van der Waals surface area contributed by atoms with Gasteiger partial charge in [-0.1, -0.05) is 0 Å². The highest BCUT2D eigenvalue weighted by molar-refractivity contribution is 6.02. The summed E-state index contributed by atoms with van der Waals surface area (Å²) in [6.45, 7) is 3.14. The Morgan fingerprint density at radius 3 is 2.35 bits per heavy atom. The molecule has 0 aromatic heterocycles. The van der Waals surface area contributed by atoms with Gasteiger partial charge in [-0.3, -0.25) is 19.3 Å². The molecule has 1 saturated heterocycles. The van der Waals surface area contributed by atoms with E-state index < -0.39 is 17.7 Å². The van der Waals surface area contributed by atoms with Gasteiger partial charge in [-0.15, -0.1) is 0 Å². The van der Waals surface area contributed by atoms with Crippen molar-refractivity contribution in [1.29, 1.82) is 0 Å². The lowest BCUT2D eigenvalue weighted by atomic mass is 10.1. The molecule has 2 N–H and O–H groups in total. The normalized spacial score (nSPS) is 15.4. The summed E-state index contributed by atoms with van der Waals surface area (Å²) >= 11 is 0. The molecule has 112 valence electrons. The van der Waals surface area contributed by atoms with Crippen LogP contribution in [0.15, 0.2) is 0 Å². The minimum Gasteiger partial charge on any atom is -0.465 e. The highest BCUT2D eigenvalue weighted by Gasteiger charge is 2.35. The maximum atomic E-state index is 11.5. The van der Waals surface area contributed by atoms with E-state index >= 15 is 0 Å². The van der Waals surface area contributed by atoms with Crippen molar-refractivity contribution in [2.75, 3.05) is 13.1 Å². The van der Waals surface area contributed by atoms with E-state index in [-0.39, 0.29) is 44.2 Å². The molecule has 8 nitrogen and oxygen atoms in total. The Labute approximate surface area is 116 Å². The number of rotatable bonds is 6. The smallest absolute Gasteiger partial charge is 0.404 e. The number of likely N-dealkylation sites (tertiary alicyclic amines) is 1. The lowest BCUT2D eigenvalue weighted by molar-refractivity contribution is -0.161. The highest BCUT2D eigenvalue weighted by Crippen LogP contribution is 2.19. The molecule has 3 amide bonds. The van der Waals surface area contributed by atoms with E-state index in [1.165, 1.54) is 0 Å². The molecule has 1 fully saturated rings. The van der Waals surface area contributed by atoms with Crippen LogP contribution in [0.1, 0.15) is 33.1 Å². The first-order valence-corrected chi connectivity index (χ1v) is 6.23. The third-order valence-corrected chi connectivity index (χ3v) is 2.69. The van der Waals surface area contributed by atoms with E-state index in [0.29, 0.717) is 0 Å². The van der Waals surface area contributed by atoms with Crippen LogP contribution in [0.5, 0.6) is 0 Å². The number of hydrogen-bond donors (Lipinski definition) is 2. The lowest BCUT2D eigenvalue weighted by Gasteiger charge is -2.29. The summed E-state index contributed by atoms with van der Waals surface area (Å²) in [5.74, 6) is -1.14. The van der Waals surface area contributed by atoms with Crippen LogP contribution >= 0.6 is 0 Å². The summed E-state index contributed by atoms with van der Waals surface area (Å²) < 4.78 is 5.16. The van der Waals surface area contributed by atoms with Crippen molar-refractivity contribution in [1.82, 2.24) is 10.2 Å². The van der Waals surface area contributed by atoms with Crippen LogP contribution in [0.25, 0.3) is 0 Å². The zero-order chi connectivity index (χ0) is 15.3. The van der Waals surface area contributed by atoms with E-state index in [0.717, 1.165) is 4.90 Å². The standard InChI is InChI=1S/C12H18N2O6/c1-12(2,7-14-8(15)3-4-9(14)16)20-10(17)5-6-13-11(18)19/h13H,3-7H2,1-2H3,(H,18,19). The highest BCUT2D eigenvalue weighted by atomic mass is 16.6. The molecule has 0 bridgehead atoms. The van der Waals surface area contributed by atoms with E-state index in [9.17, 15) is 19.2 Å². The average Bonchev–Trinajstić information content (AvgIpc) is 2.59. The Hall–Kier alpha value is -2.12. The molecule has 0 saturated carbocycles. The topological polar surface area (TPSA) is 113 Å². The molecule has 20 heavy (non-hydrogen) atoms. The number of ether oxygens (including phenoxy) is 1. The summed E-state index contributed by atoms with van der Waals surface area (Å²) in [5.41, 5.74) is -1.00. The van der Waals surface area contributed by atoms with Crippen LogP contribution in [0.3, 0.4) is 0 Å². The number of carbonyl (C=O) groups excluding carboxylic acids is 3. The van der Waals surface area contributed by atoms with Gasteiger partial charge in [-0.05, 0) is 13.8 Å². The van der Waals surface area contributed by atoms with E-state index in [4.69, 9.17) is 9.84 Å². The van der Waals surface area contributed by atoms with Gasteiger partial charge in [0.15, 0.2) is 0 Å². The van der Waals surface area contributed by atoms with Crippen LogP contribution in [0, 0.1) is 0 Å². The van der Waals surface area contributed by atoms with Gasteiger partial charge in [0.05, 0.1) is 13.0 Å². The van der Waals surface area contributed by atoms with Crippen molar-refractivity contribution in [3.63, 3.8) is 0 Å². The summed E-state index contributed by atoms with van der Waals surface area (Å²) in [6.07, 6.45) is -0.959. The van der Waals surface area contributed by atoms with E-state index in [1.54, 1.807) is 13.8 Å². The molecule has 0 aromatic carbocycles. The molecule has 1 rings (SSSR count). The number of nitrogens with zero attached hydrogens (tertiary/aromatic N) is 1. The summed E-state index contributed by atoms with van der Waals surface area (Å²) in [5, 5.41) is 10.4. The van der Waals surface area contributed by atoms with Gasteiger partial charge in [-0.25, -0.2) is 4.79 Å². The molecule has 1 aliphatic rings. The zero-order valence-electron chi connectivity index (χ0n) is 11.5. The van der Waals surface area contributed by atoms with Crippen molar-refractivity contribution in [2.24, 2.45) is 0 Å². The van der Waals surface area contributed by atoms with Crippen LogP contribution in [-0.4, -0.2) is 52.6 Å². The third-order valence-electron chi connectivity index (χ3n) is 2.69. The second-order valence-electron chi connectivity index (χ2n) is 5.09. The first-order valence-electron chi connectivity index (χ1n) is 6.23. The molecule has 1 aliphatic heterocycles. The van der Waals surface area contributed by atoms with Crippen molar-refractivity contribution in [3.05, 3.63) is 0 Å². The molecule has 8 heteroatoms. The number of hydrogen-bond acceptors (Lipinski definition) is 5.